The van der Waals surface area contributed by atoms with Gasteiger partial charge < -0.3 is 14.2 Å². The van der Waals surface area contributed by atoms with Gasteiger partial charge in [-0.25, -0.2) is 4.68 Å². The molecule has 0 bridgehead atoms. The zero-order valence-corrected chi connectivity index (χ0v) is 12.6. The molecule has 1 aliphatic rings. The SMILES string of the molecule is COCc1noc(Cn2ncc(N3CCCCC3)cc2=O)n1. The summed E-state index contributed by atoms with van der Waals surface area (Å²) in [5.74, 6) is 0.794. The molecule has 8 heteroatoms. The second-order valence-corrected chi connectivity index (χ2v) is 5.29. The summed E-state index contributed by atoms with van der Waals surface area (Å²) in [7, 11) is 1.56. The van der Waals surface area contributed by atoms with Crippen molar-refractivity contribution in [1.29, 1.82) is 0 Å². The van der Waals surface area contributed by atoms with Crippen molar-refractivity contribution in [3.63, 3.8) is 0 Å². The van der Waals surface area contributed by atoms with E-state index in [1.165, 1.54) is 11.1 Å². The Bertz CT molecular complexity index is 675. The topological polar surface area (TPSA) is 86.3 Å². The smallest absolute Gasteiger partial charge is 0.269 e. The summed E-state index contributed by atoms with van der Waals surface area (Å²) in [5.41, 5.74) is 0.709. The van der Waals surface area contributed by atoms with Gasteiger partial charge in [0.15, 0.2) is 5.82 Å². The third-order valence-corrected chi connectivity index (χ3v) is 3.64. The number of hydrogen-bond donors (Lipinski definition) is 0. The van der Waals surface area contributed by atoms with Gasteiger partial charge in [-0.15, -0.1) is 0 Å². The normalized spacial score (nSPS) is 15.2. The Morgan fingerprint density at radius 3 is 2.86 bits per heavy atom. The van der Waals surface area contributed by atoms with Crippen LogP contribution in [0.2, 0.25) is 0 Å². The molecule has 0 atom stereocenters. The van der Waals surface area contributed by atoms with Crippen molar-refractivity contribution in [2.45, 2.75) is 32.4 Å². The minimum atomic E-state index is -0.172. The molecule has 0 amide bonds. The molecule has 22 heavy (non-hydrogen) atoms. The van der Waals surface area contributed by atoms with Crippen LogP contribution in [0.3, 0.4) is 0 Å². The molecule has 0 unspecified atom stereocenters. The molecule has 0 aromatic carbocycles. The van der Waals surface area contributed by atoms with Gasteiger partial charge in [0, 0.05) is 26.3 Å². The lowest BCUT2D eigenvalue weighted by molar-refractivity contribution is 0.174. The minimum Gasteiger partial charge on any atom is -0.377 e. The van der Waals surface area contributed by atoms with E-state index >= 15 is 0 Å². The van der Waals surface area contributed by atoms with Crippen molar-refractivity contribution >= 4 is 5.69 Å². The second kappa shape index (κ2) is 6.69. The number of methoxy groups -OCH3 is 1. The quantitative estimate of drug-likeness (QED) is 0.808. The van der Waals surface area contributed by atoms with Crippen LogP contribution in [0.4, 0.5) is 5.69 Å². The maximum Gasteiger partial charge on any atom is 0.269 e. The molecule has 8 nitrogen and oxygen atoms in total. The highest BCUT2D eigenvalue weighted by molar-refractivity contribution is 5.43. The fourth-order valence-corrected chi connectivity index (χ4v) is 2.54. The van der Waals surface area contributed by atoms with E-state index in [1.54, 1.807) is 19.4 Å². The second-order valence-electron chi connectivity index (χ2n) is 5.29. The van der Waals surface area contributed by atoms with Crippen LogP contribution in [-0.4, -0.2) is 40.1 Å². The first-order valence-corrected chi connectivity index (χ1v) is 7.39. The average Bonchev–Trinajstić information content (AvgIpc) is 2.98. The van der Waals surface area contributed by atoms with Gasteiger partial charge in [0.25, 0.3) is 5.56 Å². The van der Waals surface area contributed by atoms with Crippen molar-refractivity contribution in [1.82, 2.24) is 19.9 Å². The lowest BCUT2D eigenvalue weighted by Crippen LogP contribution is -2.32. The first-order valence-electron chi connectivity index (χ1n) is 7.39. The van der Waals surface area contributed by atoms with E-state index < -0.39 is 0 Å². The third kappa shape index (κ3) is 3.33. The third-order valence-electron chi connectivity index (χ3n) is 3.64. The Hall–Kier alpha value is -2.22. The maximum absolute atomic E-state index is 12.2. The molecule has 2 aromatic rings. The van der Waals surface area contributed by atoms with E-state index in [2.05, 4.69) is 20.1 Å². The van der Waals surface area contributed by atoms with Crippen molar-refractivity contribution in [3.05, 3.63) is 34.3 Å². The van der Waals surface area contributed by atoms with Crippen LogP contribution in [0.25, 0.3) is 0 Å². The average molecular weight is 305 g/mol. The summed E-state index contributed by atoms with van der Waals surface area (Å²) in [6.45, 7) is 2.40. The fourth-order valence-electron chi connectivity index (χ4n) is 2.54. The van der Waals surface area contributed by atoms with Crippen molar-refractivity contribution < 1.29 is 9.26 Å². The largest absolute Gasteiger partial charge is 0.377 e. The molecule has 1 fully saturated rings. The van der Waals surface area contributed by atoms with Crippen molar-refractivity contribution in [2.24, 2.45) is 0 Å². The summed E-state index contributed by atoms with van der Waals surface area (Å²) in [6.07, 6.45) is 5.29. The molecule has 2 aromatic heterocycles. The summed E-state index contributed by atoms with van der Waals surface area (Å²) in [6, 6.07) is 1.62. The van der Waals surface area contributed by atoms with Gasteiger partial charge in [-0.3, -0.25) is 4.79 Å². The number of ether oxygens (including phenoxy) is 1. The maximum atomic E-state index is 12.2. The summed E-state index contributed by atoms with van der Waals surface area (Å²) in [4.78, 5) is 18.5. The van der Waals surface area contributed by atoms with E-state index in [0.717, 1.165) is 31.6 Å². The van der Waals surface area contributed by atoms with Gasteiger partial charge >= 0.3 is 0 Å². The molecule has 1 aliphatic heterocycles. The molecule has 0 aliphatic carbocycles. The van der Waals surface area contributed by atoms with Gasteiger partial charge in [-0.2, -0.15) is 10.1 Å². The summed E-state index contributed by atoms with van der Waals surface area (Å²) >= 11 is 0. The monoisotopic (exact) mass is 305 g/mol. The molecule has 0 saturated carbocycles. The number of rotatable bonds is 5. The lowest BCUT2D eigenvalue weighted by atomic mass is 10.1. The molecular weight excluding hydrogens is 286 g/mol. The first-order chi connectivity index (χ1) is 10.8. The van der Waals surface area contributed by atoms with E-state index in [4.69, 9.17) is 9.26 Å². The highest BCUT2D eigenvalue weighted by atomic mass is 16.5. The Labute approximate surface area is 127 Å². The Balaban J connectivity index is 1.72. The van der Waals surface area contributed by atoms with Crippen LogP contribution in [0.1, 0.15) is 31.0 Å². The van der Waals surface area contributed by atoms with Crippen LogP contribution in [0.5, 0.6) is 0 Å². The number of piperidine rings is 1. The van der Waals surface area contributed by atoms with Crippen molar-refractivity contribution in [3.8, 4) is 0 Å². The molecule has 3 rings (SSSR count). The zero-order valence-electron chi connectivity index (χ0n) is 12.6. The highest BCUT2D eigenvalue weighted by Crippen LogP contribution is 2.16. The lowest BCUT2D eigenvalue weighted by Gasteiger charge is -2.28. The van der Waals surface area contributed by atoms with Gasteiger partial charge in [0.05, 0.1) is 11.9 Å². The number of anilines is 1. The zero-order chi connectivity index (χ0) is 15.4. The molecule has 0 radical (unpaired) electrons. The number of aromatic nitrogens is 4. The van der Waals surface area contributed by atoms with E-state index in [-0.39, 0.29) is 18.7 Å². The van der Waals surface area contributed by atoms with Gasteiger partial charge in [0.1, 0.15) is 13.2 Å². The van der Waals surface area contributed by atoms with Crippen LogP contribution >= 0.6 is 0 Å². The Morgan fingerprint density at radius 2 is 2.14 bits per heavy atom. The minimum absolute atomic E-state index is 0.163. The predicted molar refractivity (Wildman–Crippen MR) is 78.7 cm³/mol. The highest BCUT2D eigenvalue weighted by Gasteiger charge is 2.13. The molecule has 118 valence electrons. The van der Waals surface area contributed by atoms with Crippen LogP contribution < -0.4 is 10.5 Å². The van der Waals surface area contributed by atoms with Gasteiger partial charge in [-0.1, -0.05) is 5.16 Å². The van der Waals surface area contributed by atoms with E-state index in [0.29, 0.717) is 11.7 Å². The van der Waals surface area contributed by atoms with Crippen molar-refractivity contribution in [2.75, 3.05) is 25.1 Å². The Morgan fingerprint density at radius 1 is 1.32 bits per heavy atom. The first kappa shape index (κ1) is 14.7. The van der Waals surface area contributed by atoms with Crippen LogP contribution in [-0.2, 0) is 17.9 Å². The Kier molecular flexibility index (Phi) is 4.47. The summed E-state index contributed by atoms with van der Waals surface area (Å²) < 4.78 is 11.3. The molecular formula is C14H19N5O3. The molecule has 1 saturated heterocycles. The van der Waals surface area contributed by atoms with E-state index in [1.807, 2.05) is 0 Å². The number of nitrogens with zero attached hydrogens (tertiary/aromatic N) is 5. The predicted octanol–water partition coefficient (Wildman–Crippen LogP) is 0.811. The van der Waals surface area contributed by atoms with Gasteiger partial charge in [-0.05, 0) is 19.3 Å². The standard InChI is InChI=1S/C14H19N5O3/c1-21-10-12-16-13(22-17-12)9-19-14(20)7-11(8-15-19)18-5-3-2-4-6-18/h7-8H,2-6,9-10H2,1H3. The van der Waals surface area contributed by atoms with Crippen LogP contribution in [0.15, 0.2) is 21.6 Å². The summed E-state index contributed by atoms with van der Waals surface area (Å²) in [5, 5.41) is 7.97. The molecule has 0 spiro atoms. The molecule has 3 heterocycles. The van der Waals surface area contributed by atoms with Crippen LogP contribution in [0, 0.1) is 0 Å². The number of hydrogen-bond acceptors (Lipinski definition) is 7. The van der Waals surface area contributed by atoms with E-state index in [9.17, 15) is 4.79 Å². The van der Waals surface area contributed by atoms with Gasteiger partial charge in [0.2, 0.25) is 5.89 Å². The fraction of sp³-hybridized carbons (Fsp3) is 0.571. The molecule has 0 N–H and O–H groups in total.